The zero-order chi connectivity index (χ0) is 14.8. The van der Waals surface area contributed by atoms with Gasteiger partial charge in [-0.15, -0.1) is 0 Å². The number of anilines is 1. The highest BCUT2D eigenvalue weighted by molar-refractivity contribution is 6.07. The normalized spacial score (nSPS) is 11.1. The van der Waals surface area contributed by atoms with E-state index in [9.17, 15) is 0 Å². The van der Waals surface area contributed by atoms with E-state index in [1.54, 1.807) is 6.33 Å². The molecule has 0 saturated heterocycles. The molecule has 0 unspecified atom stereocenters. The second kappa shape index (κ2) is 5.48. The van der Waals surface area contributed by atoms with E-state index in [0.717, 1.165) is 46.2 Å². The van der Waals surface area contributed by atoms with Crippen molar-refractivity contribution in [1.29, 1.82) is 0 Å². The largest absolute Gasteiger partial charge is 0.384 e. The monoisotopic (exact) mass is 288 g/mol. The number of aromatic amines is 1. The van der Waals surface area contributed by atoms with E-state index >= 15 is 0 Å². The summed E-state index contributed by atoms with van der Waals surface area (Å²) in [6.45, 7) is 0.847. The van der Waals surface area contributed by atoms with Crippen LogP contribution in [0.25, 0.3) is 21.8 Å². The number of benzene rings is 2. The number of pyridine rings is 1. The Labute approximate surface area is 128 Å². The lowest BCUT2D eigenvalue weighted by Gasteiger charge is -2.12. The van der Waals surface area contributed by atoms with Gasteiger partial charge in [-0.05, 0) is 12.1 Å². The van der Waals surface area contributed by atoms with Crippen molar-refractivity contribution >= 4 is 27.5 Å². The average molecular weight is 288 g/mol. The molecule has 4 aromatic rings. The number of hydrogen-bond acceptors (Lipinski definition) is 3. The molecule has 0 amide bonds. The molecule has 108 valence electrons. The molecule has 0 aliphatic rings. The van der Waals surface area contributed by atoms with Gasteiger partial charge in [0.1, 0.15) is 0 Å². The molecule has 0 saturated carbocycles. The van der Waals surface area contributed by atoms with Crippen molar-refractivity contribution in [2.75, 3.05) is 11.9 Å². The predicted molar refractivity (Wildman–Crippen MR) is 90.0 cm³/mol. The number of H-pyrrole nitrogens is 1. The standard InChI is InChI=1S/C18H16N4/c1-3-7-16-14(5-1)18(15-6-2-4-8-17(15)22-16)20-10-9-13-11-19-12-21-13/h1-8,11-12H,9-10H2,(H,19,21)(H,20,22). The van der Waals surface area contributed by atoms with Gasteiger partial charge in [-0.1, -0.05) is 36.4 Å². The molecule has 2 aromatic carbocycles. The van der Waals surface area contributed by atoms with Gasteiger partial charge in [-0.3, -0.25) is 0 Å². The maximum Gasteiger partial charge on any atom is 0.0921 e. The Hall–Kier alpha value is -2.88. The Morgan fingerprint density at radius 2 is 1.59 bits per heavy atom. The van der Waals surface area contributed by atoms with Crippen molar-refractivity contribution in [2.45, 2.75) is 6.42 Å². The average Bonchev–Trinajstić information content (AvgIpc) is 3.07. The third-order valence-corrected chi connectivity index (χ3v) is 3.84. The van der Waals surface area contributed by atoms with Gasteiger partial charge in [0.15, 0.2) is 0 Å². The highest BCUT2D eigenvalue weighted by Gasteiger charge is 2.08. The van der Waals surface area contributed by atoms with Crippen LogP contribution in [0, 0.1) is 0 Å². The summed E-state index contributed by atoms with van der Waals surface area (Å²) in [6, 6.07) is 16.5. The lowest BCUT2D eigenvalue weighted by atomic mass is 10.1. The Balaban J connectivity index is 1.75. The summed E-state index contributed by atoms with van der Waals surface area (Å²) in [5, 5.41) is 5.90. The fraction of sp³-hybridized carbons (Fsp3) is 0.111. The number of nitrogens with zero attached hydrogens (tertiary/aromatic N) is 2. The smallest absolute Gasteiger partial charge is 0.0921 e. The van der Waals surface area contributed by atoms with Crippen LogP contribution in [0.5, 0.6) is 0 Å². The number of para-hydroxylation sites is 2. The van der Waals surface area contributed by atoms with Crippen LogP contribution in [-0.4, -0.2) is 21.5 Å². The number of fused-ring (bicyclic) bond motifs is 2. The van der Waals surface area contributed by atoms with Crippen LogP contribution in [0.2, 0.25) is 0 Å². The number of imidazole rings is 1. The molecule has 4 nitrogen and oxygen atoms in total. The second-order valence-corrected chi connectivity index (χ2v) is 5.27. The van der Waals surface area contributed by atoms with E-state index < -0.39 is 0 Å². The molecule has 0 aliphatic heterocycles. The van der Waals surface area contributed by atoms with E-state index in [-0.39, 0.29) is 0 Å². The first kappa shape index (κ1) is 12.8. The molecule has 0 bridgehead atoms. The fourth-order valence-corrected chi connectivity index (χ4v) is 2.77. The van der Waals surface area contributed by atoms with Crippen LogP contribution in [0.3, 0.4) is 0 Å². The lowest BCUT2D eigenvalue weighted by Crippen LogP contribution is -2.06. The van der Waals surface area contributed by atoms with Gasteiger partial charge >= 0.3 is 0 Å². The third kappa shape index (κ3) is 2.29. The summed E-state index contributed by atoms with van der Waals surface area (Å²) in [5.41, 5.74) is 4.33. The molecule has 2 heterocycles. The van der Waals surface area contributed by atoms with Gasteiger partial charge < -0.3 is 10.3 Å². The van der Waals surface area contributed by atoms with Gasteiger partial charge in [0.25, 0.3) is 0 Å². The predicted octanol–water partition coefficient (Wildman–Crippen LogP) is 3.77. The summed E-state index contributed by atoms with van der Waals surface area (Å²) in [6.07, 6.45) is 4.49. The second-order valence-electron chi connectivity index (χ2n) is 5.27. The first-order valence-corrected chi connectivity index (χ1v) is 7.40. The van der Waals surface area contributed by atoms with Crippen molar-refractivity contribution in [2.24, 2.45) is 0 Å². The van der Waals surface area contributed by atoms with E-state index in [4.69, 9.17) is 4.98 Å². The van der Waals surface area contributed by atoms with Crippen LogP contribution in [0.1, 0.15) is 5.69 Å². The molecule has 2 N–H and O–H groups in total. The van der Waals surface area contributed by atoms with E-state index in [2.05, 4.69) is 51.7 Å². The maximum atomic E-state index is 4.74. The van der Waals surface area contributed by atoms with E-state index in [1.807, 2.05) is 18.3 Å². The van der Waals surface area contributed by atoms with E-state index in [0.29, 0.717) is 0 Å². The summed E-state index contributed by atoms with van der Waals surface area (Å²) < 4.78 is 0. The first-order chi connectivity index (χ1) is 10.9. The number of aromatic nitrogens is 3. The van der Waals surface area contributed by atoms with Crippen molar-refractivity contribution in [1.82, 2.24) is 15.0 Å². The van der Waals surface area contributed by atoms with E-state index in [1.165, 1.54) is 0 Å². The Morgan fingerprint density at radius 1 is 0.909 bits per heavy atom. The number of rotatable bonds is 4. The molecule has 0 atom stereocenters. The fourth-order valence-electron chi connectivity index (χ4n) is 2.77. The number of hydrogen-bond donors (Lipinski definition) is 2. The Bertz CT molecular complexity index is 859. The van der Waals surface area contributed by atoms with Crippen molar-refractivity contribution in [3.8, 4) is 0 Å². The van der Waals surface area contributed by atoms with Crippen molar-refractivity contribution in [3.05, 3.63) is 66.7 Å². The third-order valence-electron chi connectivity index (χ3n) is 3.84. The quantitative estimate of drug-likeness (QED) is 0.562. The lowest BCUT2D eigenvalue weighted by molar-refractivity contribution is 0.980. The molecule has 0 radical (unpaired) electrons. The Morgan fingerprint density at radius 3 is 2.23 bits per heavy atom. The van der Waals surface area contributed by atoms with Gasteiger partial charge in [-0.2, -0.15) is 0 Å². The van der Waals surface area contributed by atoms with Crippen LogP contribution in [-0.2, 0) is 6.42 Å². The molecule has 2 aromatic heterocycles. The maximum absolute atomic E-state index is 4.74. The summed E-state index contributed by atoms with van der Waals surface area (Å²) in [7, 11) is 0. The summed E-state index contributed by atoms with van der Waals surface area (Å²) in [5.74, 6) is 0. The van der Waals surface area contributed by atoms with Gasteiger partial charge in [0, 0.05) is 35.6 Å². The molecule has 0 aliphatic carbocycles. The van der Waals surface area contributed by atoms with Crippen LogP contribution >= 0.6 is 0 Å². The molecular formula is C18H16N4. The van der Waals surface area contributed by atoms with Crippen LogP contribution in [0.15, 0.2) is 61.1 Å². The molecular weight excluding hydrogens is 272 g/mol. The Kier molecular flexibility index (Phi) is 3.20. The summed E-state index contributed by atoms with van der Waals surface area (Å²) >= 11 is 0. The molecule has 0 fully saturated rings. The molecule has 4 heteroatoms. The van der Waals surface area contributed by atoms with Gasteiger partial charge in [0.05, 0.1) is 23.0 Å². The van der Waals surface area contributed by atoms with Crippen LogP contribution in [0.4, 0.5) is 5.69 Å². The topological polar surface area (TPSA) is 53.6 Å². The van der Waals surface area contributed by atoms with Crippen LogP contribution < -0.4 is 5.32 Å². The van der Waals surface area contributed by atoms with Gasteiger partial charge in [0.2, 0.25) is 0 Å². The highest BCUT2D eigenvalue weighted by atomic mass is 14.9. The minimum Gasteiger partial charge on any atom is -0.384 e. The zero-order valence-corrected chi connectivity index (χ0v) is 12.1. The highest BCUT2D eigenvalue weighted by Crippen LogP contribution is 2.30. The minimum atomic E-state index is 0.847. The van der Waals surface area contributed by atoms with Crippen molar-refractivity contribution in [3.63, 3.8) is 0 Å². The molecule has 0 spiro atoms. The van der Waals surface area contributed by atoms with Gasteiger partial charge in [-0.25, -0.2) is 9.97 Å². The molecule has 4 rings (SSSR count). The van der Waals surface area contributed by atoms with Crippen molar-refractivity contribution < 1.29 is 0 Å². The number of nitrogens with one attached hydrogen (secondary N) is 2. The molecule has 22 heavy (non-hydrogen) atoms. The summed E-state index contributed by atoms with van der Waals surface area (Å²) in [4.78, 5) is 11.9. The zero-order valence-electron chi connectivity index (χ0n) is 12.1. The first-order valence-electron chi connectivity index (χ1n) is 7.40. The SMILES string of the molecule is c1ccc2c(NCCc3cnc[nH]3)c3ccccc3nc2c1. The minimum absolute atomic E-state index is 0.847.